The molecule has 0 aliphatic heterocycles. The van der Waals surface area contributed by atoms with Crippen LogP contribution in [0.1, 0.15) is 5.56 Å². The fourth-order valence-electron chi connectivity index (χ4n) is 2.10. The first-order chi connectivity index (χ1) is 11.7. The van der Waals surface area contributed by atoms with Gasteiger partial charge in [-0.15, -0.1) is 5.10 Å². The lowest BCUT2D eigenvalue weighted by atomic mass is 10.2. The summed E-state index contributed by atoms with van der Waals surface area (Å²) in [6, 6.07) is 15.5. The molecule has 2 aromatic carbocycles. The van der Waals surface area contributed by atoms with E-state index in [1.165, 1.54) is 0 Å². The van der Waals surface area contributed by atoms with Crippen LogP contribution in [-0.2, 0) is 6.54 Å². The maximum absolute atomic E-state index is 6.01. The maximum Gasteiger partial charge on any atom is 0.214 e. The van der Waals surface area contributed by atoms with Crippen LogP contribution < -0.4 is 17.7 Å². The van der Waals surface area contributed by atoms with Crippen molar-refractivity contribution in [3.63, 3.8) is 0 Å². The fourth-order valence-corrected chi connectivity index (χ4v) is 3.21. The standard InChI is InChI=1S/C16H15Cl2N5S.ClH/c17-14-7-6-12(10-15(14)18)11-19-8-9-24-16-20-21-22-23(16)13-4-2-1-3-5-13;/h1-7,10,19H,8-9,11H2;1H/p-1. The molecular weight excluding hydrogens is 401 g/mol. The summed E-state index contributed by atoms with van der Waals surface area (Å²) in [5.41, 5.74) is 2.05. The number of nitrogens with one attached hydrogen (secondary N) is 1. The second kappa shape index (κ2) is 9.99. The van der Waals surface area contributed by atoms with Crippen molar-refractivity contribution in [1.82, 2.24) is 25.5 Å². The van der Waals surface area contributed by atoms with E-state index in [-0.39, 0.29) is 12.4 Å². The molecule has 0 radical (unpaired) electrons. The molecule has 0 aliphatic rings. The van der Waals surface area contributed by atoms with Crippen molar-refractivity contribution in [2.75, 3.05) is 12.3 Å². The van der Waals surface area contributed by atoms with Gasteiger partial charge in [0, 0.05) is 18.8 Å². The lowest BCUT2D eigenvalue weighted by molar-refractivity contribution is -0.00000476. The highest BCUT2D eigenvalue weighted by Gasteiger charge is 2.08. The van der Waals surface area contributed by atoms with Crippen LogP contribution in [0.5, 0.6) is 0 Å². The first-order valence-electron chi connectivity index (χ1n) is 7.35. The third-order valence-corrected chi connectivity index (χ3v) is 4.92. The molecule has 0 atom stereocenters. The van der Waals surface area contributed by atoms with E-state index >= 15 is 0 Å². The molecule has 25 heavy (non-hydrogen) atoms. The van der Waals surface area contributed by atoms with Gasteiger partial charge >= 0.3 is 0 Å². The molecule has 3 rings (SSSR count). The number of rotatable bonds is 7. The first-order valence-corrected chi connectivity index (χ1v) is 9.09. The monoisotopic (exact) mass is 414 g/mol. The second-order valence-corrected chi connectivity index (χ2v) is 6.86. The summed E-state index contributed by atoms with van der Waals surface area (Å²) in [6.07, 6.45) is 0. The minimum atomic E-state index is 0. The number of hydrogen-bond donors (Lipinski definition) is 1. The molecule has 0 saturated heterocycles. The number of para-hydroxylation sites is 1. The molecule has 0 amide bonds. The summed E-state index contributed by atoms with van der Waals surface area (Å²) >= 11 is 13.5. The molecule has 9 heteroatoms. The number of aromatic nitrogens is 4. The molecule has 0 fully saturated rings. The Morgan fingerprint density at radius 2 is 1.84 bits per heavy atom. The molecule has 0 bridgehead atoms. The van der Waals surface area contributed by atoms with Crippen molar-refractivity contribution in [3.8, 4) is 5.69 Å². The molecule has 0 aliphatic carbocycles. The van der Waals surface area contributed by atoms with E-state index < -0.39 is 0 Å². The molecule has 5 nitrogen and oxygen atoms in total. The van der Waals surface area contributed by atoms with Gasteiger partial charge in [-0.25, -0.2) is 0 Å². The summed E-state index contributed by atoms with van der Waals surface area (Å²) in [5.74, 6) is 0.856. The van der Waals surface area contributed by atoms with E-state index in [9.17, 15) is 0 Å². The molecule has 0 unspecified atom stereocenters. The number of halogens is 3. The van der Waals surface area contributed by atoms with Crippen molar-refractivity contribution in [2.24, 2.45) is 0 Å². The zero-order chi connectivity index (χ0) is 16.8. The van der Waals surface area contributed by atoms with Gasteiger partial charge in [-0.3, -0.25) is 0 Å². The molecule has 132 valence electrons. The number of thioether (sulfide) groups is 1. The van der Waals surface area contributed by atoms with Crippen LogP contribution in [0.15, 0.2) is 53.7 Å². The van der Waals surface area contributed by atoms with Crippen molar-refractivity contribution in [2.45, 2.75) is 11.7 Å². The van der Waals surface area contributed by atoms with Gasteiger partial charge in [0.05, 0.1) is 15.7 Å². The minimum absolute atomic E-state index is 0. The zero-order valence-corrected chi connectivity index (χ0v) is 16.2. The Hall–Kier alpha value is -1.31. The van der Waals surface area contributed by atoms with Crippen LogP contribution >= 0.6 is 35.0 Å². The minimum Gasteiger partial charge on any atom is -1.00 e. The third-order valence-electron chi connectivity index (χ3n) is 3.26. The van der Waals surface area contributed by atoms with Crippen molar-refractivity contribution < 1.29 is 12.4 Å². The Balaban J connectivity index is 0.00000225. The fraction of sp³-hybridized carbons (Fsp3) is 0.188. The second-order valence-electron chi connectivity index (χ2n) is 4.98. The molecule has 1 heterocycles. The quantitative estimate of drug-likeness (QED) is 0.458. The van der Waals surface area contributed by atoms with Crippen LogP contribution in [0.2, 0.25) is 10.0 Å². The maximum atomic E-state index is 6.01. The first kappa shape index (κ1) is 20.0. The van der Waals surface area contributed by atoms with Crippen molar-refractivity contribution in [3.05, 3.63) is 64.1 Å². The number of benzene rings is 2. The Labute approximate surface area is 166 Å². The molecule has 3 aromatic rings. The van der Waals surface area contributed by atoms with Gasteiger partial charge in [0.2, 0.25) is 5.16 Å². The summed E-state index contributed by atoms with van der Waals surface area (Å²) in [7, 11) is 0. The predicted molar refractivity (Wildman–Crippen MR) is 98.0 cm³/mol. The molecule has 1 N–H and O–H groups in total. The van der Waals surface area contributed by atoms with Gasteiger partial charge in [-0.2, -0.15) is 4.68 Å². The van der Waals surface area contributed by atoms with E-state index in [4.69, 9.17) is 23.2 Å². The Morgan fingerprint density at radius 3 is 2.60 bits per heavy atom. The summed E-state index contributed by atoms with van der Waals surface area (Å²) in [5, 5.41) is 17.2. The Bertz CT molecular complexity index is 797. The summed E-state index contributed by atoms with van der Waals surface area (Å²) in [6.45, 7) is 1.56. The van der Waals surface area contributed by atoms with Gasteiger partial charge in [0.25, 0.3) is 0 Å². The van der Waals surface area contributed by atoms with Gasteiger partial charge < -0.3 is 17.7 Å². The molecule has 1 aromatic heterocycles. The number of nitrogens with zero attached hydrogens (tertiary/aromatic N) is 4. The van der Waals surface area contributed by atoms with Crippen LogP contribution in [0, 0.1) is 0 Å². The van der Waals surface area contributed by atoms with E-state index in [2.05, 4.69) is 20.8 Å². The topological polar surface area (TPSA) is 55.6 Å². The average molecular weight is 416 g/mol. The SMILES string of the molecule is Clc1ccc(CNCCSc2nnnn2-c2ccccc2)cc1Cl.[Cl-]. The van der Waals surface area contributed by atoms with Crippen LogP contribution in [0.4, 0.5) is 0 Å². The lowest BCUT2D eigenvalue weighted by Gasteiger charge is -2.06. The molecule has 0 saturated carbocycles. The number of tetrazole rings is 1. The summed E-state index contributed by atoms with van der Waals surface area (Å²) < 4.78 is 1.74. The van der Waals surface area contributed by atoms with E-state index in [1.54, 1.807) is 16.4 Å². The highest BCUT2D eigenvalue weighted by atomic mass is 35.5. The van der Waals surface area contributed by atoms with E-state index in [0.717, 1.165) is 35.2 Å². The normalized spacial score (nSPS) is 10.5. The largest absolute Gasteiger partial charge is 1.00 e. The summed E-state index contributed by atoms with van der Waals surface area (Å²) in [4.78, 5) is 0. The van der Waals surface area contributed by atoms with Gasteiger partial charge in [-0.05, 0) is 40.3 Å². The number of hydrogen-bond acceptors (Lipinski definition) is 5. The molecule has 0 spiro atoms. The zero-order valence-electron chi connectivity index (χ0n) is 13.1. The van der Waals surface area contributed by atoms with Crippen LogP contribution in [-0.4, -0.2) is 32.5 Å². The van der Waals surface area contributed by atoms with Crippen LogP contribution in [0.25, 0.3) is 5.69 Å². The van der Waals surface area contributed by atoms with E-state index in [1.807, 2.05) is 48.5 Å². The Kier molecular flexibility index (Phi) is 7.99. The highest BCUT2D eigenvalue weighted by Crippen LogP contribution is 2.22. The smallest absolute Gasteiger partial charge is 0.214 e. The highest BCUT2D eigenvalue weighted by molar-refractivity contribution is 7.99. The van der Waals surface area contributed by atoms with Gasteiger partial charge in [0.1, 0.15) is 0 Å². The lowest BCUT2D eigenvalue weighted by Crippen LogP contribution is -3.00. The van der Waals surface area contributed by atoms with Crippen molar-refractivity contribution in [1.29, 1.82) is 0 Å². The van der Waals surface area contributed by atoms with Crippen molar-refractivity contribution >= 4 is 35.0 Å². The molecular formula is C16H15Cl3N5S-. The van der Waals surface area contributed by atoms with Crippen LogP contribution in [0.3, 0.4) is 0 Å². The van der Waals surface area contributed by atoms with E-state index in [0.29, 0.717) is 10.0 Å². The predicted octanol–water partition coefficient (Wildman–Crippen LogP) is 0.855. The Morgan fingerprint density at radius 1 is 1.04 bits per heavy atom. The van der Waals surface area contributed by atoms with Gasteiger partial charge in [-0.1, -0.05) is 59.2 Å². The third kappa shape index (κ3) is 5.59. The van der Waals surface area contributed by atoms with Gasteiger partial charge in [0.15, 0.2) is 0 Å². The average Bonchev–Trinajstić information content (AvgIpc) is 3.07.